The summed E-state index contributed by atoms with van der Waals surface area (Å²) in [5.74, 6) is -0.237. The number of rotatable bonds is 12. The third-order valence-corrected chi connectivity index (χ3v) is 6.69. The number of benzene rings is 3. The first kappa shape index (κ1) is 34.7. The normalized spacial score (nSPS) is 11.1. The first-order chi connectivity index (χ1) is 23.0. The van der Waals surface area contributed by atoms with E-state index in [0.717, 1.165) is 11.1 Å². The third kappa shape index (κ3) is 9.91. The van der Waals surface area contributed by atoms with Crippen LogP contribution in [0.15, 0.2) is 88.8 Å². The molecule has 1 heterocycles. The number of nitrogens with two attached hydrogens (primary N) is 2. The highest BCUT2D eigenvalue weighted by Gasteiger charge is 2.17. The van der Waals surface area contributed by atoms with Gasteiger partial charge in [-0.1, -0.05) is 54.6 Å². The number of carbonyl (C=O) groups excluding carboxylic acids is 3. The van der Waals surface area contributed by atoms with Crippen molar-refractivity contribution in [2.24, 2.45) is 10.7 Å². The maximum Gasteiger partial charge on any atom is 0.435 e. The summed E-state index contributed by atoms with van der Waals surface area (Å²) in [6.07, 6.45) is -0.0227. The molecular formula is C34H38N8O6. The van der Waals surface area contributed by atoms with Gasteiger partial charge in [0.1, 0.15) is 24.7 Å². The van der Waals surface area contributed by atoms with Crippen LogP contribution in [0.2, 0.25) is 0 Å². The fourth-order valence-electron chi connectivity index (χ4n) is 4.47. The molecule has 48 heavy (non-hydrogen) atoms. The van der Waals surface area contributed by atoms with Crippen LogP contribution in [0.5, 0.6) is 5.75 Å². The van der Waals surface area contributed by atoms with Gasteiger partial charge in [0.15, 0.2) is 5.82 Å². The van der Waals surface area contributed by atoms with Crippen molar-refractivity contribution in [3.05, 3.63) is 106 Å². The zero-order valence-electron chi connectivity index (χ0n) is 26.9. The Kier molecular flexibility index (Phi) is 11.9. The molecule has 250 valence electrons. The predicted molar refractivity (Wildman–Crippen MR) is 182 cm³/mol. The van der Waals surface area contributed by atoms with Gasteiger partial charge >= 0.3 is 12.2 Å². The summed E-state index contributed by atoms with van der Waals surface area (Å²) in [4.78, 5) is 58.9. The number of amides is 3. The predicted octanol–water partition coefficient (Wildman–Crippen LogP) is 3.78. The standard InChI is InChI=1S/C34H38N8O6/c1-4-37-33(45)48-27-15-25(14-26(35)16-27)28-18-39-31(40-21(2)3)32(44)42(28)19-29(43)38-17-22-10-12-24(13-11-22)30(36)41-34(46)47-20-23-8-6-5-7-9-23/h5-16,18,21H,4,17,19-20,35H2,1-3H3,(H,37,45)(H,38,43)(H,39,40)(H2,36,41,46). The Balaban J connectivity index is 1.46. The van der Waals surface area contributed by atoms with Crippen molar-refractivity contribution in [2.45, 2.75) is 46.5 Å². The van der Waals surface area contributed by atoms with Gasteiger partial charge in [-0.2, -0.15) is 4.99 Å². The van der Waals surface area contributed by atoms with E-state index in [9.17, 15) is 19.2 Å². The summed E-state index contributed by atoms with van der Waals surface area (Å²) in [5.41, 5.74) is 14.6. The molecule has 0 saturated heterocycles. The van der Waals surface area contributed by atoms with E-state index in [4.69, 9.17) is 20.9 Å². The van der Waals surface area contributed by atoms with Crippen molar-refractivity contribution in [1.82, 2.24) is 20.2 Å². The van der Waals surface area contributed by atoms with Crippen molar-refractivity contribution in [3.8, 4) is 17.0 Å². The number of aromatic nitrogens is 2. The quantitative estimate of drug-likeness (QED) is 0.0849. The average molecular weight is 655 g/mol. The molecule has 0 aliphatic heterocycles. The second-order valence-electron chi connectivity index (χ2n) is 10.9. The van der Waals surface area contributed by atoms with E-state index in [1.54, 1.807) is 37.3 Å². The highest BCUT2D eigenvalue weighted by molar-refractivity contribution is 6.02. The van der Waals surface area contributed by atoms with Crippen LogP contribution in [-0.4, -0.2) is 46.1 Å². The van der Waals surface area contributed by atoms with Gasteiger partial charge in [0, 0.05) is 42.0 Å². The lowest BCUT2D eigenvalue weighted by molar-refractivity contribution is -0.121. The molecule has 14 heteroatoms. The van der Waals surface area contributed by atoms with Crippen LogP contribution in [-0.2, 0) is 29.2 Å². The Morgan fingerprint density at radius 3 is 2.40 bits per heavy atom. The van der Waals surface area contributed by atoms with Crippen molar-refractivity contribution >= 4 is 35.4 Å². The van der Waals surface area contributed by atoms with E-state index in [2.05, 4.69) is 25.9 Å². The van der Waals surface area contributed by atoms with Crippen molar-refractivity contribution in [2.75, 3.05) is 17.6 Å². The molecule has 0 unspecified atom stereocenters. The Morgan fingerprint density at radius 2 is 1.71 bits per heavy atom. The molecule has 0 atom stereocenters. The van der Waals surface area contributed by atoms with Gasteiger partial charge in [-0.15, -0.1) is 0 Å². The SMILES string of the molecule is CCNC(=O)Oc1cc(N)cc(-c2cnc(NC(C)C)c(=O)n2CC(=O)NCc2ccc(/C(N)=N/C(=O)OCc3ccccc3)cc2)c1. The number of anilines is 2. The minimum absolute atomic E-state index is 0.0138. The van der Waals surface area contributed by atoms with Crippen LogP contribution in [0.1, 0.15) is 37.5 Å². The summed E-state index contributed by atoms with van der Waals surface area (Å²) in [6, 6.07) is 20.5. The first-order valence-corrected chi connectivity index (χ1v) is 15.2. The molecule has 0 bridgehead atoms. The van der Waals surface area contributed by atoms with Gasteiger partial charge in [-0.25, -0.2) is 14.6 Å². The number of nitrogens with one attached hydrogen (secondary N) is 3. The van der Waals surface area contributed by atoms with Crippen molar-refractivity contribution in [1.29, 1.82) is 0 Å². The summed E-state index contributed by atoms with van der Waals surface area (Å²) < 4.78 is 11.7. The number of amidine groups is 1. The lowest BCUT2D eigenvalue weighted by Gasteiger charge is -2.17. The second kappa shape index (κ2) is 16.4. The molecule has 7 N–H and O–H groups in total. The zero-order valence-corrected chi connectivity index (χ0v) is 26.9. The topological polar surface area (TPSA) is 205 Å². The Labute approximate surface area is 277 Å². The van der Waals surface area contributed by atoms with Crippen LogP contribution in [0.4, 0.5) is 21.1 Å². The molecule has 14 nitrogen and oxygen atoms in total. The first-order valence-electron chi connectivity index (χ1n) is 15.2. The van der Waals surface area contributed by atoms with Crippen LogP contribution in [0, 0.1) is 0 Å². The summed E-state index contributed by atoms with van der Waals surface area (Å²) in [6.45, 7) is 5.72. The highest BCUT2D eigenvalue weighted by atomic mass is 16.6. The van der Waals surface area contributed by atoms with Gasteiger partial charge in [-0.05, 0) is 44.0 Å². The van der Waals surface area contributed by atoms with Gasteiger partial charge in [0.25, 0.3) is 5.56 Å². The lowest BCUT2D eigenvalue weighted by Crippen LogP contribution is -2.35. The Morgan fingerprint density at radius 1 is 0.979 bits per heavy atom. The molecule has 0 fully saturated rings. The van der Waals surface area contributed by atoms with E-state index in [1.807, 2.05) is 44.2 Å². The van der Waals surface area contributed by atoms with Crippen molar-refractivity contribution in [3.63, 3.8) is 0 Å². The van der Waals surface area contributed by atoms with Crippen LogP contribution in [0.3, 0.4) is 0 Å². The molecular weight excluding hydrogens is 616 g/mol. The molecule has 0 radical (unpaired) electrons. The monoisotopic (exact) mass is 654 g/mol. The molecule has 0 aliphatic carbocycles. The molecule has 4 aromatic rings. The fourth-order valence-corrected chi connectivity index (χ4v) is 4.47. The second-order valence-corrected chi connectivity index (χ2v) is 10.9. The maximum atomic E-state index is 13.5. The molecule has 4 rings (SSSR count). The van der Waals surface area contributed by atoms with Crippen molar-refractivity contribution < 1.29 is 23.9 Å². The van der Waals surface area contributed by atoms with Crippen LogP contribution in [0.25, 0.3) is 11.3 Å². The molecule has 3 aromatic carbocycles. The third-order valence-electron chi connectivity index (χ3n) is 6.69. The summed E-state index contributed by atoms with van der Waals surface area (Å²) in [7, 11) is 0. The van der Waals surface area contributed by atoms with E-state index in [0.29, 0.717) is 23.4 Å². The summed E-state index contributed by atoms with van der Waals surface area (Å²) in [5, 5.41) is 8.35. The number of hydrogen-bond acceptors (Lipinski definition) is 9. The number of ether oxygens (including phenoxy) is 2. The molecule has 0 aliphatic rings. The van der Waals surface area contributed by atoms with Gasteiger partial charge < -0.3 is 36.9 Å². The van der Waals surface area contributed by atoms with E-state index in [1.165, 1.54) is 22.9 Å². The van der Waals surface area contributed by atoms with Crippen LogP contribution >= 0.6 is 0 Å². The number of aliphatic imine (C=N–C) groups is 1. The molecule has 0 spiro atoms. The maximum absolute atomic E-state index is 13.5. The average Bonchev–Trinajstić information content (AvgIpc) is 3.05. The smallest absolute Gasteiger partial charge is 0.435 e. The largest absolute Gasteiger partial charge is 0.443 e. The van der Waals surface area contributed by atoms with E-state index in [-0.39, 0.29) is 48.8 Å². The minimum Gasteiger partial charge on any atom is -0.443 e. The van der Waals surface area contributed by atoms with E-state index >= 15 is 0 Å². The number of nitrogen functional groups attached to an aromatic ring is 1. The van der Waals surface area contributed by atoms with Gasteiger partial charge in [0.05, 0.1) is 11.9 Å². The molecule has 1 aromatic heterocycles. The fraction of sp³-hybridized carbons (Fsp3) is 0.235. The lowest BCUT2D eigenvalue weighted by atomic mass is 10.1. The Hall–Kier alpha value is -6.18. The highest BCUT2D eigenvalue weighted by Crippen LogP contribution is 2.27. The van der Waals surface area contributed by atoms with Gasteiger partial charge in [-0.3, -0.25) is 14.2 Å². The molecule has 0 saturated carbocycles. The minimum atomic E-state index is -0.811. The van der Waals surface area contributed by atoms with Gasteiger partial charge in [0.2, 0.25) is 5.91 Å². The number of hydrogen-bond donors (Lipinski definition) is 5. The van der Waals surface area contributed by atoms with E-state index < -0.39 is 23.7 Å². The Bertz CT molecular complexity index is 1840. The number of carbonyl (C=O) groups is 3. The summed E-state index contributed by atoms with van der Waals surface area (Å²) >= 11 is 0. The van der Waals surface area contributed by atoms with Crippen LogP contribution < -0.4 is 37.7 Å². The number of nitrogens with zero attached hydrogens (tertiary/aromatic N) is 3. The molecule has 3 amide bonds. The zero-order chi connectivity index (χ0) is 34.6.